The molecule has 180 valence electrons. The van der Waals surface area contributed by atoms with Crippen molar-refractivity contribution in [1.82, 2.24) is 15.2 Å². The number of carbonyl (C=O) groups is 2. The molecule has 3 amide bonds. The predicted octanol–water partition coefficient (Wildman–Crippen LogP) is 4.42. The summed E-state index contributed by atoms with van der Waals surface area (Å²) in [6.07, 6.45) is 4.22. The van der Waals surface area contributed by atoms with Gasteiger partial charge in [0.05, 0.1) is 19.2 Å². The lowest BCUT2D eigenvalue weighted by molar-refractivity contribution is -0.116. The Balaban J connectivity index is 1.40. The molecule has 1 aromatic carbocycles. The molecule has 2 aromatic heterocycles. The Morgan fingerprint density at radius 2 is 2.03 bits per heavy atom. The largest absolute Gasteiger partial charge is 0.496 e. The minimum Gasteiger partial charge on any atom is -0.496 e. The Hall–Kier alpha value is -3.90. The van der Waals surface area contributed by atoms with Crippen molar-refractivity contribution in [1.29, 1.82) is 5.26 Å². The number of amides is 3. The zero-order valence-electron chi connectivity index (χ0n) is 19.7. The van der Waals surface area contributed by atoms with Crippen LogP contribution in [0.25, 0.3) is 0 Å². The fourth-order valence-corrected chi connectivity index (χ4v) is 5.44. The van der Waals surface area contributed by atoms with E-state index in [9.17, 15) is 14.9 Å². The Bertz CT molecular complexity index is 1250. The first-order valence-corrected chi connectivity index (χ1v) is 12.2. The number of fused-ring (bicyclic) bond motifs is 1. The topological polar surface area (TPSA) is 107 Å². The molecule has 0 radical (unpaired) electrons. The number of anilines is 1. The van der Waals surface area contributed by atoms with Gasteiger partial charge in [0.2, 0.25) is 5.91 Å². The molecular weight excluding hydrogens is 462 g/mol. The third kappa shape index (κ3) is 5.61. The number of para-hydroxylation sites is 1. The zero-order chi connectivity index (χ0) is 24.8. The molecule has 0 aliphatic carbocycles. The number of nitrogens with zero attached hydrogens (tertiary/aromatic N) is 3. The number of aromatic nitrogens is 1. The third-order valence-corrected chi connectivity index (χ3v) is 7.20. The van der Waals surface area contributed by atoms with Crippen LogP contribution in [-0.4, -0.2) is 35.5 Å². The van der Waals surface area contributed by atoms with Crippen molar-refractivity contribution >= 4 is 28.3 Å². The van der Waals surface area contributed by atoms with E-state index in [1.807, 2.05) is 43.3 Å². The Labute approximate surface area is 208 Å². The molecule has 35 heavy (non-hydrogen) atoms. The van der Waals surface area contributed by atoms with Crippen LogP contribution in [0.2, 0.25) is 0 Å². The zero-order valence-corrected chi connectivity index (χ0v) is 20.5. The second kappa shape index (κ2) is 11.0. The molecule has 2 N–H and O–H groups in total. The summed E-state index contributed by atoms with van der Waals surface area (Å²) in [4.78, 5) is 32.2. The lowest BCUT2D eigenvalue weighted by Gasteiger charge is -2.27. The van der Waals surface area contributed by atoms with Gasteiger partial charge in [-0.05, 0) is 47.2 Å². The van der Waals surface area contributed by atoms with E-state index < -0.39 is 0 Å². The number of urea groups is 1. The molecule has 3 aromatic rings. The number of rotatable bonds is 7. The highest BCUT2D eigenvalue weighted by molar-refractivity contribution is 7.16. The molecule has 1 aliphatic rings. The van der Waals surface area contributed by atoms with Crippen LogP contribution in [0.5, 0.6) is 5.75 Å². The molecule has 8 nitrogen and oxygen atoms in total. The van der Waals surface area contributed by atoms with E-state index in [4.69, 9.17) is 4.74 Å². The van der Waals surface area contributed by atoms with E-state index in [0.717, 1.165) is 27.3 Å². The summed E-state index contributed by atoms with van der Waals surface area (Å²) >= 11 is 1.37. The first-order chi connectivity index (χ1) is 17.0. The van der Waals surface area contributed by atoms with E-state index in [2.05, 4.69) is 21.7 Å². The first kappa shape index (κ1) is 24.2. The molecule has 1 aliphatic heterocycles. The quantitative estimate of drug-likeness (QED) is 0.511. The van der Waals surface area contributed by atoms with Gasteiger partial charge in [0.25, 0.3) is 0 Å². The number of hydrogen-bond donors (Lipinski definition) is 2. The lowest BCUT2D eigenvalue weighted by Crippen LogP contribution is -2.42. The maximum absolute atomic E-state index is 12.8. The molecule has 9 heteroatoms. The lowest BCUT2D eigenvalue weighted by atomic mass is 9.96. The number of nitriles is 1. The number of benzene rings is 1. The second-order valence-electron chi connectivity index (χ2n) is 8.40. The number of pyridine rings is 1. The average molecular weight is 490 g/mol. The summed E-state index contributed by atoms with van der Waals surface area (Å²) in [6.45, 7) is 3.32. The van der Waals surface area contributed by atoms with Crippen LogP contribution in [0.15, 0.2) is 48.8 Å². The summed E-state index contributed by atoms with van der Waals surface area (Å²) in [5, 5.41) is 16.2. The van der Waals surface area contributed by atoms with Crippen molar-refractivity contribution < 1.29 is 14.3 Å². The van der Waals surface area contributed by atoms with Crippen molar-refractivity contribution in [3.8, 4) is 11.8 Å². The van der Waals surface area contributed by atoms with Crippen molar-refractivity contribution in [3.63, 3.8) is 0 Å². The Morgan fingerprint density at radius 3 is 2.77 bits per heavy atom. The first-order valence-electron chi connectivity index (χ1n) is 11.4. The van der Waals surface area contributed by atoms with Crippen LogP contribution in [0.3, 0.4) is 0 Å². The maximum atomic E-state index is 12.8. The van der Waals surface area contributed by atoms with Gasteiger partial charge in [0, 0.05) is 36.8 Å². The smallest absolute Gasteiger partial charge is 0.318 e. The third-order valence-electron chi connectivity index (χ3n) is 6.06. The Morgan fingerprint density at radius 1 is 1.26 bits per heavy atom. The minimum absolute atomic E-state index is 0.0501. The van der Waals surface area contributed by atoms with Gasteiger partial charge in [-0.15, -0.1) is 11.3 Å². The number of thiophene rings is 1. The van der Waals surface area contributed by atoms with Crippen molar-refractivity contribution in [2.45, 2.75) is 38.8 Å². The fraction of sp³-hybridized carbons (Fsp3) is 0.308. The van der Waals surface area contributed by atoms with Gasteiger partial charge < -0.3 is 20.3 Å². The van der Waals surface area contributed by atoms with Crippen LogP contribution in [0, 0.1) is 11.3 Å². The van der Waals surface area contributed by atoms with Gasteiger partial charge in [-0.1, -0.05) is 25.1 Å². The number of nitrogens with one attached hydrogen (secondary N) is 2. The highest BCUT2D eigenvalue weighted by Crippen LogP contribution is 2.37. The molecule has 0 saturated carbocycles. The molecule has 0 fully saturated rings. The molecule has 0 bridgehead atoms. The molecule has 0 spiro atoms. The Kier molecular flexibility index (Phi) is 7.63. The van der Waals surface area contributed by atoms with E-state index >= 15 is 0 Å². The summed E-state index contributed by atoms with van der Waals surface area (Å²) in [6, 6.07) is 13.5. The molecular formula is C26H27N5O3S. The number of methoxy groups -OCH3 is 1. The standard InChI is InChI=1S/C26H27N5O3S/c1-17(19-5-3-4-6-22(19)34-2)13-24(32)30-25-21(14-27)20-9-12-31(16-23(20)35-25)26(33)29-15-18-7-10-28-11-8-18/h3-8,10-11,17H,9,12-13,15-16H2,1-2H3,(H,29,33)(H,30,32). The molecule has 0 saturated heterocycles. The summed E-state index contributed by atoms with van der Waals surface area (Å²) in [7, 11) is 1.61. The fourth-order valence-electron chi connectivity index (χ4n) is 4.21. The molecule has 1 atom stereocenters. The molecule has 1 unspecified atom stereocenters. The van der Waals surface area contributed by atoms with Gasteiger partial charge in [-0.3, -0.25) is 9.78 Å². The van der Waals surface area contributed by atoms with Crippen LogP contribution < -0.4 is 15.4 Å². The highest BCUT2D eigenvalue weighted by Gasteiger charge is 2.28. The van der Waals surface area contributed by atoms with Crippen LogP contribution in [0.1, 0.15) is 46.4 Å². The maximum Gasteiger partial charge on any atom is 0.318 e. The normalized spacial score (nSPS) is 13.3. The minimum atomic E-state index is -0.162. The number of hydrogen-bond acceptors (Lipinski definition) is 6. The van der Waals surface area contributed by atoms with Crippen LogP contribution >= 0.6 is 11.3 Å². The SMILES string of the molecule is COc1ccccc1C(C)CC(=O)Nc1sc2c(c1C#N)CCN(C(=O)NCc1ccncc1)C2. The van der Waals surface area contributed by atoms with E-state index in [1.165, 1.54) is 11.3 Å². The van der Waals surface area contributed by atoms with Crippen LogP contribution in [0.4, 0.5) is 9.80 Å². The second-order valence-corrected chi connectivity index (χ2v) is 9.51. The van der Waals surface area contributed by atoms with Crippen molar-refractivity contribution in [2.75, 3.05) is 19.0 Å². The van der Waals surface area contributed by atoms with Gasteiger partial charge in [-0.2, -0.15) is 5.26 Å². The molecule has 3 heterocycles. The van der Waals surface area contributed by atoms with E-state index in [1.54, 1.807) is 24.4 Å². The van der Waals surface area contributed by atoms with Gasteiger partial charge >= 0.3 is 6.03 Å². The number of carbonyl (C=O) groups excluding carboxylic acids is 2. The van der Waals surface area contributed by atoms with E-state index in [-0.39, 0.29) is 24.3 Å². The molecule has 4 rings (SSSR count). The van der Waals surface area contributed by atoms with Crippen molar-refractivity contribution in [3.05, 3.63) is 75.9 Å². The van der Waals surface area contributed by atoms with Gasteiger partial charge in [0.15, 0.2) is 0 Å². The summed E-state index contributed by atoms with van der Waals surface area (Å²) in [5.74, 6) is 0.538. The highest BCUT2D eigenvalue weighted by atomic mass is 32.1. The summed E-state index contributed by atoms with van der Waals surface area (Å²) < 4.78 is 5.42. The monoisotopic (exact) mass is 489 g/mol. The predicted molar refractivity (Wildman–Crippen MR) is 134 cm³/mol. The van der Waals surface area contributed by atoms with Crippen molar-refractivity contribution in [2.24, 2.45) is 0 Å². The summed E-state index contributed by atoms with van der Waals surface area (Å²) in [5.41, 5.74) is 3.36. The van der Waals surface area contributed by atoms with Gasteiger partial charge in [0.1, 0.15) is 16.8 Å². The van der Waals surface area contributed by atoms with Crippen LogP contribution in [-0.2, 0) is 24.3 Å². The van der Waals surface area contributed by atoms with Gasteiger partial charge in [-0.25, -0.2) is 4.79 Å². The number of ether oxygens (including phenoxy) is 1. The average Bonchev–Trinajstić information content (AvgIpc) is 3.23. The van der Waals surface area contributed by atoms with E-state index in [0.29, 0.717) is 36.6 Å².